The Hall–Kier alpha value is -1.10. The lowest BCUT2D eigenvalue weighted by atomic mass is 10.1. The lowest BCUT2D eigenvalue weighted by molar-refractivity contribution is -0.177. The molecule has 142 valence electrons. The summed E-state index contributed by atoms with van der Waals surface area (Å²) >= 11 is 0. The van der Waals surface area contributed by atoms with Gasteiger partial charge < -0.3 is 5.11 Å². The molecule has 0 unspecified atom stereocenters. The number of carboxylic acid groups (broad SMARTS) is 1. The monoisotopic (exact) mass is 343 g/mol. The van der Waals surface area contributed by atoms with Crippen LogP contribution in [-0.4, -0.2) is 35.7 Å². The molecule has 1 amide bonds. The molecule has 0 aromatic carbocycles. The molecule has 0 aromatic heterocycles. The number of unbranched alkanes of at least 4 members (excludes halogenated alkanes) is 10. The van der Waals surface area contributed by atoms with Crippen LogP contribution in [-0.2, 0) is 14.4 Å². The standard InChI is InChI=1S/C19H37NO4/c1-3-4-5-6-7-8-9-10-11-12-13-15-18(21)20(24-2)17-14-16-19(22)23/h3-17H2,1-2H3,(H,22,23). The van der Waals surface area contributed by atoms with Gasteiger partial charge in [-0.05, 0) is 12.8 Å². The molecule has 0 aromatic rings. The first kappa shape index (κ1) is 22.9. The summed E-state index contributed by atoms with van der Waals surface area (Å²) < 4.78 is 0. The number of aliphatic carboxylic acids is 1. The zero-order chi connectivity index (χ0) is 18.0. The Morgan fingerprint density at radius 2 is 1.29 bits per heavy atom. The second kappa shape index (κ2) is 16.7. The molecular weight excluding hydrogens is 306 g/mol. The van der Waals surface area contributed by atoms with Gasteiger partial charge >= 0.3 is 5.97 Å². The average Bonchev–Trinajstić information content (AvgIpc) is 2.56. The third kappa shape index (κ3) is 14.5. The summed E-state index contributed by atoms with van der Waals surface area (Å²) in [5, 5.41) is 9.90. The molecular formula is C19H37NO4. The lowest BCUT2D eigenvalue weighted by Gasteiger charge is -2.19. The molecule has 0 aliphatic carbocycles. The van der Waals surface area contributed by atoms with Gasteiger partial charge in [0, 0.05) is 19.4 Å². The Kier molecular flexibility index (Phi) is 16.0. The van der Waals surface area contributed by atoms with Crippen molar-refractivity contribution in [2.75, 3.05) is 13.7 Å². The number of hydroxylamine groups is 2. The van der Waals surface area contributed by atoms with Gasteiger partial charge in [0.15, 0.2) is 0 Å². The SMILES string of the molecule is CCCCCCCCCCCCCC(=O)N(CCCC(=O)O)OC. The molecule has 24 heavy (non-hydrogen) atoms. The third-order valence-corrected chi connectivity index (χ3v) is 4.24. The summed E-state index contributed by atoms with van der Waals surface area (Å²) in [6, 6.07) is 0. The van der Waals surface area contributed by atoms with E-state index in [1.54, 1.807) is 0 Å². The van der Waals surface area contributed by atoms with E-state index in [1.165, 1.54) is 70.0 Å². The fourth-order valence-electron chi connectivity index (χ4n) is 2.76. The highest BCUT2D eigenvalue weighted by molar-refractivity contribution is 5.75. The van der Waals surface area contributed by atoms with Crippen molar-refractivity contribution >= 4 is 11.9 Å². The maximum atomic E-state index is 12.0. The zero-order valence-electron chi connectivity index (χ0n) is 15.7. The predicted octanol–water partition coefficient (Wildman–Crippen LogP) is 4.94. The van der Waals surface area contributed by atoms with Crippen LogP contribution in [0.15, 0.2) is 0 Å². The van der Waals surface area contributed by atoms with Gasteiger partial charge in [-0.3, -0.25) is 14.4 Å². The highest BCUT2D eigenvalue weighted by atomic mass is 16.7. The van der Waals surface area contributed by atoms with E-state index in [9.17, 15) is 9.59 Å². The fourth-order valence-corrected chi connectivity index (χ4v) is 2.76. The van der Waals surface area contributed by atoms with Crippen LogP contribution in [0.5, 0.6) is 0 Å². The van der Waals surface area contributed by atoms with Crippen molar-refractivity contribution in [2.45, 2.75) is 96.8 Å². The minimum atomic E-state index is -0.844. The number of hydrogen-bond donors (Lipinski definition) is 1. The summed E-state index contributed by atoms with van der Waals surface area (Å²) in [5.74, 6) is -0.886. The van der Waals surface area contributed by atoms with Crippen molar-refractivity contribution in [3.63, 3.8) is 0 Å². The Morgan fingerprint density at radius 3 is 1.75 bits per heavy atom. The van der Waals surface area contributed by atoms with Gasteiger partial charge in [0.25, 0.3) is 0 Å². The maximum Gasteiger partial charge on any atom is 0.303 e. The molecule has 0 radical (unpaired) electrons. The molecule has 5 nitrogen and oxygen atoms in total. The summed E-state index contributed by atoms with van der Waals surface area (Å²) in [5.41, 5.74) is 0. The van der Waals surface area contributed by atoms with Gasteiger partial charge in [-0.2, -0.15) is 0 Å². The van der Waals surface area contributed by atoms with E-state index in [0.29, 0.717) is 19.4 Å². The summed E-state index contributed by atoms with van der Waals surface area (Å²) in [4.78, 5) is 27.5. The maximum absolute atomic E-state index is 12.0. The Balaban J connectivity index is 3.47. The minimum Gasteiger partial charge on any atom is -0.481 e. The number of rotatable bonds is 17. The molecule has 5 heteroatoms. The zero-order valence-corrected chi connectivity index (χ0v) is 15.7. The molecule has 0 atom stereocenters. The van der Waals surface area contributed by atoms with Crippen LogP contribution in [0.25, 0.3) is 0 Å². The van der Waals surface area contributed by atoms with Crippen LogP contribution in [0.3, 0.4) is 0 Å². The van der Waals surface area contributed by atoms with Crippen LogP contribution >= 0.6 is 0 Å². The van der Waals surface area contributed by atoms with Crippen molar-refractivity contribution < 1.29 is 19.5 Å². The van der Waals surface area contributed by atoms with Gasteiger partial charge in [-0.1, -0.05) is 71.1 Å². The van der Waals surface area contributed by atoms with Crippen LogP contribution in [0.1, 0.15) is 96.8 Å². The van der Waals surface area contributed by atoms with Crippen molar-refractivity contribution in [3.05, 3.63) is 0 Å². The van der Waals surface area contributed by atoms with Crippen molar-refractivity contribution in [3.8, 4) is 0 Å². The summed E-state index contributed by atoms with van der Waals surface area (Å²) in [6.07, 6.45) is 14.8. The Labute approximate surface area is 147 Å². The van der Waals surface area contributed by atoms with Crippen molar-refractivity contribution in [1.82, 2.24) is 5.06 Å². The van der Waals surface area contributed by atoms with E-state index >= 15 is 0 Å². The third-order valence-electron chi connectivity index (χ3n) is 4.24. The normalized spacial score (nSPS) is 10.8. The van der Waals surface area contributed by atoms with E-state index in [4.69, 9.17) is 9.94 Å². The van der Waals surface area contributed by atoms with E-state index in [1.807, 2.05) is 0 Å². The minimum absolute atomic E-state index is 0.0428. The predicted molar refractivity (Wildman–Crippen MR) is 96.7 cm³/mol. The number of hydrogen-bond acceptors (Lipinski definition) is 3. The van der Waals surface area contributed by atoms with Gasteiger partial charge in [0.2, 0.25) is 5.91 Å². The molecule has 0 bridgehead atoms. The second-order valence-corrected chi connectivity index (χ2v) is 6.46. The molecule has 0 aliphatic heterocycles. The van der Waals surface area contributed by atoms with E-state index in [2.05, 4.69) is 6.92 Å². The molecule has 0 fully saturated rings. The second-order valence-electron chi connectivity index (χ2n) is 6.46. The molecule has 1 N–H and O–H groups in total. The lowest BCUT2D eigenvalue weighted by Crippen LogP contribution is -2.31. The topological polar surface area (TPSA) is 66.8 Å². The van der Waals surface area contributed by atoms with Crippen LogP contribution in [0.2, 0.25) is 0 Å². The number of nitrogens with zero attached hydrogens (tertiary/aromatic N) is 1. The van der Waals surface area contributed by atoms with Gasteiger partial charge in [-0.25, -0.2) is 5.06 Å². The summed E-state index contributed by atoms with van der Waals surface area (Å²) in [6.45, 7) is 2.59. The van der Waals surface area contributed by atoms with Crippen LogP contribution in [0, 0.1) is 0 Å². The molecule has 0 saturated heterocycles. The van der Waals surface area contributed by atoms with E-state index in [0.717, 1.165) is 12.8 Å². The first-order valence-corrected chi connectivity index (χ1v) is 9.68. The molecule has 0 rings (SSSR count). The Morgan fingerprint density at radius 1 is 0.792 bits per heavy atom. The van der Waals surface area contributed by atoms with E-state index < -0.39 is 5.97 Å². The summed E-state index contributed by atoms with van der Waals surface area (Å²) in [7, 11) is 1.46. The van der Waals surface area contributed by atoms with Crippen LogP contribution in [0.4, 0.5) is 0 Å². The van der Waals surface area contributed by atoms with Crippen molar-refractivity contribution in [2.24, 2.45) is 0 Å². The first-order chi connectivity index (χ1) is 11.6. The molecule has 0 spiro atoms. The van der Waals surface area contributed by atoms with E-state index in [-0.39, 0.29) is 12.3 Å². The number of carbonyl (C=O) groups excluding carboxylic acids is 1. The van der Waals surface area contributed by atoms with Gasteiger partial charge in [0.05, 0.1) is 7.11 Å². The first-order valence-electron chi connectivity index (χ1n) is 9.68. The highest BCUT2D eigenvalue weighted by Gasteiger charge is 2.12. The smallest absolute Gasteiger partial charge is 0.303 e. The largest absolute Gasteiger partial charge is 0.481 e. The number of carbonyl (C=O) groups is 2. The molecule has 0 aliphatic rings. The molecule has 0 saturated carbocycles. The molecule has 0 heterocycles. The number of carboxylic acids is 1. The highest BCUT2D eigenvalue weighted by Crippen LogP contribution is 2.12. The Bertz CT molecular complexity index is 320. The van der Waals surface area contributed by atoms with Crippen LogP contribution < -0.4 is 0 Å². The van der Waals surface area contributed by atoms with Gasteiger partial charge in [0.1, 0.15) is 0 Å². The fraction of sp³-hybridized carbons (Fsp3) is 0.895. The average molecular weight is 344 g/mol. The quantitative estimate of drug-likeness (QED) is 0.300. The van der Waals surface area contributed by atoms with Crippen molar-refractivity contribution in [1.29, 1.82) is 0 Å². The van der Waals surface area contributed by atoms with Gasteiger partial charge in [-0.15, -0.1) is 0 Å². The number of amides is 1.